The zero-order valence-electron chi connectivity index (χ0n) is 15.8. The van der Waals surface area contributed by atoms with E-state index in [1.807, 2.05) is 26.0 Å². The van der Waals surface area contributed by atoms with Crippen LogP contribution in [0.3, 0.4) is 0 Å². The van der Waals surface area contributed by atoms with E-state index in [1.165, 1.54) is 23.0 Å². The first-order valence-electron chi connectivity index (χ1n) is 8.90. The molecule has 0 atom stereocenters. The number of nitrogens with one attached hydrogen (secondary N) is 1. The van der Waals surface area contributed by atoms with Gasteiger partial charge in [-0.1, -0.05) is 12.1 Å². The second-order valence-electron chi connectivity index (χ2n) is 6.47. The van der Waals surface area contributed by atoms with E-state index in [4.69, 9.17) is 0 Å². The maximum Gasteiger partial charge on any atom is 0.275 e. The summed E-state index contributed by atoms with van der Waals surface area (Å²) in [5.74, 6) is -0.237. The summed E-state index contributed by atoms with van der Waals surface area (Å²) in [7, 11) is 0. The van der Waals surface area contributed by atoms with Gasteiger partial charge in [0.1, 0.15) is 28.7 Å². The average molecular weight is 388 g/mol. The van der Waals surface area contributed by atoms with Crippen molar-refractivity contribution >= 4 is 11.7 Å². The number of aromatic nitrogens is 5. The lowest BCUT2D eigenvalue weighted by Crippen LogP contribution is -2.18. The minimum absolute atomic E-state index is 0.180. The third kappa shape index (κ3) is 3.86. The molecule has 0 unspecified atom stereocenters. The first-order chi connectivity index (χ1) is 14.0. The van der Waals surface area contributed by atoms with Crippen LogP contribution in [0.1, 0.15) is 21.7 Å². The molecule has 1 N–H and O–H groups in total. The van der Waals surface area contributed by atoms with Gasteiger partial charge in [-0.3, -0.25) is 4.79 Å². The number of amides is 1. The molecular formula is C21H17FN6O. The van der Waals surface area contributed by atoms with Crippen LogP contribution in [0.5, 0.6) is 0 Å². The number of anilines is 1. The smallest absolute Gasteiger partial charge is 0.275 e. The maximum absolute atomic E-state index is 14.1. The molecule has 7 nitrogen and oxygen atoms in total. The van der Waals surface area contributed by atoms with E-state index in [2.05, 4.69) is 25.4 Å². The highest BCUT2D eigenvalue weighted by molar-refractivity contribution is 6.02. The molecule has 0 radical (unpaired) electrons. The summed E-state index contributed by atoms with van der Waals surface area (Å²) < 4.78 is 15.4. The molecule has 0 aliphatic carbocycles. The molecule has 1 amide bonds. The number of benzene rings is 1. The molecule has 0 fully saturated rings. The topological polar surface area (TPSA) is 85.6 Å². The SMILES string of the molecule is Cc1cc(C)nc(-c2nccc(NC(=O)c3ccnn3-c3ccccc3F)n2)c1. The fourth-order valence-corrected chi connectivity index (χ4v) is 2.98. The van der Waals surface area contributed by atoms with E-state index in [-0.39, 0.29) is 11.4 Å². The zero-order chi connectivity index (χ0) is 20.4. The first-order valence-corrected chi connectivity index (χ1v) is 8.90. The molecule has 0 aliphatic heterocycles. The number of para-hydroxylation sites is 1. The molecule has 3 aromatic heterocycles. The van der Waals surface area contributed by atoms with E-state index in [1.54, 1.807) is 30.5 Å². The maximum atomic E-state index is 14.1. The summed E-state index contributed by atoms with van der Waals surface area (Å²) >= 11 is 0. The van der Waals surface area contributed by atoms with Crippen LogP contribution < -0.4 is 5.32 Å². The second kappa shape index (κ2) is 7.59. The number of halogens is 1. The summed E-state index contributed by atoms with van der Waals surface area (Å²) in [6.07, 6.45) is 2.98. The van der Waals surface area contributed by atoms with Crippen molar-refractivity contribution in [3.05, 3.63) is 83.7 Å². The van der Waals surface area contributed by atoms with Crippen molar-refractivity contribution in [2.75, 3.05) is 5.32 Å². The Bertz CT molecular complexity index is 1180. The highest BCUT2D eigenvalue weighted by atomic mass is 19.1. The van der Waals surface area contributed by atoms with Gasteiger partial charge >= 0.3 is 0 Å². The van der Waals surface area contributed by atoms with Gasteiger partial charge in [-0.15, -0.1) is 0 Å². The monoisotopic (exact) mass is 388 g/mol. The Balaban J connectivity index is 1.62. The normalized spacial score (nSPS) is 10.7. The van der Waals surface area contributed by atoms with Gasteiger partial charge in [0.25, 0.3) is 5.91 Å². The lowest BCUT2D eigenvalue weighted by atomic mass is 10.2. The highest BCUT2D eigenvalue weighted by Crippen LogP contribution is 2.18. The van der Waals surface area contributed by atoms with Gasteiger partial charge in [-0.2, -0.15) is 5.10 Å². The van der Waals surface area contributed by atoms with Crippen LogP contribution in [0.15, 0.2) is 60.9 Å². The summed E-state index contributed by atoms with van der Waals surface area (Å²) in [5.41, 5.74) is 2.88. The number of hydrogen-bond acceptors (Lipinski definition) is 5. The lowest BCUT2D eigenvalue weighted by molar-refractivity contribution is 0.101. The molecule has 29 heavy (non-hydrogen) atoms. The number of carbonyl (C=O) groups is 1. The molecule has 0 spiro atoms. The van der Waals surface area contributed by atoms with Crippen molar-refractivity contribution < 1.29 is 9.18 Å². The fraction of sp³-hybridized carbons (Fsp3) is 0.0952. The standard InChI is InChI=1S/C21H17FN6O/c1-13-11-14(2)25-16(12-13)20-23-9-8-19(26-20)27-21(29)18-7-10-24-28(18)17-6-4-3-5-15(17)22/h3-12H,1-2H3,(H,23,26,27,29). The fourth-order valence-electron chi connectivity index (χ4n) is 2.98. The number of hydrogen-bond donors (Lipinski definition) is 1. The molecular weight excluding hydrogens is 371 g/mol. The Hall–Kier alpha value is -3.94. The van der Waals surface area contributed by atoms with E-state index >= 15 is 0 Å². The zero-order valence-corrected chi connectivity index (χ0v) is 15.8. The molecule has 4 rings (SSSR count). The van der Waals surface area contributed by atoms with Gasteiger partial charge in [0, 0.05) is 11.9 Å². The van der Waals surface area contributed by atoms with E-state index < -0.39 is 11.7 Å². The summed E-state index contributed by atoms with van der Waals surface area (Å²) in [6.45, 7) is 3.86. The minimum atomic E-state index is -0.476. The molecule has 0 saturated carbocycles. The third-order valence-corrected chi connectivity index (χ3v) is 4.18. The van der Waals surface area contributed by atoms with E-state index in [9.17, 15) is 9.18 Å². The molecule has 1 aromatic carbocycles. The highest BCUT2D eigenvalue weighted by Gasteiger charge is 2.17. The van der Waals surface area contributed by atoms with Crippen molar-refractivity contribution in [2.45, 2.75) is 13.8 Å². The number of rotatable bonds is 4. The van der Waals surface area contributed by atoms with E-state index in [0.717, 1.165) is 11.3 Å². The number of aryl methyl sites for hydroxylation is 2. The van der Waals surface area contributed by atoms with Crippen molar-refractivity contribution in [1.29, 1.82) is 0 Å². The van der Waals surface area contributed by atoms with Crippen LogP contribution in [0.25, 0.3) is 17.2 Å². The van der Waals surface area contributed by atoms with Crippen LogP contribution in [0.2, 0.25) is 0 Å². The van der Waals surface area contributed by atoms with Crippen LogP contribution in [-0.2, 0) is 0 Å². The Morgan fingerprint density at radius 1 is 1.03 bits per heavy atom. The average Bonchev–Trinajstić information content (AvgIpc) is 3.17. The molecule has 4 aromatic rings. The van der Waals surface area contributed by atoms with Crippen LogP contribution in [-0.4, -0.2) is 30.6 Å². The quantitative estimate of drug-likeness (QED) is 0.576. The van der Waals surface area contributed by atoms with Gasteiger partial charge in [-0.25, -0.2) is 24.0 Å². The van der Waals surface area contributed by atoms with Crippen LogP contribution in [0, 0.1) is 19.7 Å². The van der Waals surface area contributed by atoms with Crippen molar-refractivity contribution in [3.8, 4) is 17.2 Å². The predicted octanol–water partition coefficient (Wildman–Crippen LogP) is 3.73. The molecule has 0 aliphatic rings. The summed E-state index contributed by atoms with van der Waals surface area (Å²) in [5, 5.41) is 6.78. The predicted molar refractivity (Wildman–Crippen MR) is 106 cm³/mol. The van der Waals surface area contributed by atoms with Crippen molar-refractivity contribution in [2.24, 2.45) is 0 Å². The molecule has 0 saturated heterocycles. The molecule has 8 heteroatoms. The van der Waals surface area contributed by atoms with Gasteiger partial charge in [0.2, 0.25) is 0 Å². The Morgan fingerprint density at radius 3 is 2.66 bits per heavy atom. The Labute approximate surface area is 166 Å². The second-order valence-corrected chi connectivity index (χ2v) is 6.47. The van der Waals surface area contributed by atoms with Crippen LogP contribution in [0.4, 0.5) is 10.2 Å². The number of pyridine rings is 1. The van der Waals surface area contributed by atoms with Gasteiger partial charge in [-0.05, 0) is 55.8 Å². The van der Waals surface area contributed by atoms with Gasteiger partial charge in [0.15, 0.2) is 5.82 Å². The van der Waals surface area contributed by atoms with Crippen molar-refractivity contribution in [3.63, 3.8) is 0 Å². The molecule has 3 heterocycles. The van der Waals surface area contributed by atoms with Crippen LogP contribution >= 0.6 is 0 Å². The van der Waals surface area contributed by atoms with Gasteiger partial charge in [0.05, 0.1) is 6.20 Å². The number of nitrogens with zero attached hydrogens (tertiary/aromatic N) is 5. The lowest BCUT2D eigenvalue weighted by Gasteiger charge is -2.09. The minimum Gasteiger partial charge on any atom is -0.305 e. The molecule has 144 valence electrons. The Kier molecular flexibility index (Phi) is 4.82. The van der Waals surface area contributed by atoms with E-state index in [0.29, 0.717) is 17.3 Å². The largest absolute Gasteiger partial charge is 0.305 e. The van der Waals surface area contributed by atoms with Gasteiger partial charge < -0.3 is 5.32 Å². The summed E-state index contributed by atoms with van der Waals surface area (Å²) in [6, 6.07) is 13.0. The Morgan fingerprint density at radius 2 is 1.86 bits per heavy atom. The summed E-state index contributed by atoms with van der Waals surface area (Å²) in [4.78, 5) is 25.8. The first kappa shape index (κ1) is 18.4. The van der Waals surface area contributed by atoms with Crippen molar-refractivity contribution in [1.82, 2.24) is 24.7 Å². The number of carbonyl (C=O) groups excluding carboxylic acids is 1. The third-order valence-electron chi connectivity index (χ3n) is 4.18. The molecule has 0 bridgehead atoms.